The Morgan fingerprint density at radius 3 is 3.00 bits per heavy atom. The van der Waals surface area contributed by atoms with Gasteiger partial charge in [0.05, 0.1) is 4.47 Å². The molecule has 5 heteroatoms. The van der Waals surface area contributed by atoms with E-state index in [9.17, 15) is 0 Å². The van der Waals surface area contributed by atoms with Crippen molar-refractivity contribution in [2.24, 2.45) is 0 Å². The lowest BCUT2D eigenvalue weighted by atomic mass is 10.5. The predicted molar refractivity (Wildman–Crippen MR) is 61.4 cm³/mol. The average molecular weight is 259 g/mol. The van der Waals surface area contributed by atoms with Gasteiger partial charge in [-0.25, -0.2) is 9.97 Å². The second kappa shape index (κ2) is 5.93. The Hall–Kier alpha value is -0.680. The molecule has 0 spiro atoms. The van der Waals surface area contributed by atoms with Gasteiger partial charge >= 0.3 is 0 Å². The first kappa shape index (κ1) is 11.4. The molecular formula is C9H15BrN4. The maximum atomic E-state index is 4.11. The van der Waals surface area contributed by atoms with Crippen molar-refractivity contribution >= 4 is 21.7 Å². The van der Waals surface area contributed by atoms with E-state index in [1.54, 1.807) is 6.20 Å². The summed E-state index contributed by atoms with van der Waals surface area (Å²) in [6, 6.07) is 0. The molecule has 1 rings (SSSR count). The third kappa shape index (κ3) is 3.59. The van der Waals surface area contributed by atoms with Crippen LogP contribution < -0.4 is 5.32 Å². The standard InChI is InChI=1S/C9H15BrN4/c1-3-14(2)5-4-12-9-8(10)6-11-7-13-9/h6-7H,3-5H2,1-2H3,(H,11,12,13). The SMILES string of the molecule is CCN(C)CCNc1ncncc1Br. The summed E-state index contributed by atoms with van der Waals surface area (Å²) >= 11 is 3.38. The first-order chi connectivity index (χ1) is 6.74. The third-order valence-electron chi connectivity index (χ3n) is 1.99. The maximum absolute atomic E-state index is 4.11. The van der Waals surface area contributed by atoms with Crippen molar-refractivity contribution in [3.05, 3.63) is 17.0 Å². The summed E-state index contributed by atoms with van der Waals surface area (Å²) < 4.78 is 0.902. The molecule has 0 aliphatic heterocycles. The molecule has 0 saturated heterocycles. The van der Waals surface area contributed by atoms with Gasteiger partial charge in [0, 0.05) is 19.3 Å². The molecule has 78 valence electrons. The van der Waals surface area contributed by atoms with Gasteiger partial charge in [-0.15, -0.1) is 0 Å². The van der Waals surface area contributed by atoms with Crippen LogP contribution in [0.3, 0.4) is 0 Å². The van der Waals surface area contributed by atoms with E-state index in [0.29, 0.717) is 0 Å². The van der Waals surface area contributed by atoms with Crippen molar-refractivity contribution in [2.45, 2.75) is 6.92 Å². The number of halogens is 1. The van der Waals surface area contributed by atoms with Crippen LogP contribution in [0.4, 0.5) is 5.82 Å². The van der Waals surface area contributed by atoms with E-state index >= 15 is 0 Å². The van der Waals surface area contributed by atoms with Crippen molar-refractivity contribution in [3.8, 4) is 0 Å². The van der Waals surface area contributed by atoms with Crippen LogP contribution in [0.25, 0.3) is 0 Å². The highest BCUT2D eigenvalue weighted by molar-refractivity contribution is 9.10. The molecule has 0 amide bonds. The molecule has 1 aromatic rings. The van der Waals surface area contributed by atoms with Crippen molar-refractivity contribution in [1.82, 2.24) is 14.9 Å². The lowest BCUT2D eigenvalue weighted by molar-refractivity contribution is 0.367. The fourth-order valence-electron chi connectivity index (χ4n) is 0.966. The zero-order chi connectivity index (χ0) is 10.4. The minimum Gasteiger partial charge on any atom is -0.368 e. The van der Waals surface area contributed by atoms with Gasteiger partial charge in [-0.1, -0.05) is 6.92 Å². The Balaban J connectivity index is 2.35. The summed E-state index contributed by atoms with van der Waals surface area (Å²) in [5.41, 5.74) is 0. The largest absolute Gasteiger partial charge is 0.368 e. The average Bonchev–Trinajstić information content (AvgIpc) is 2.20. The van der Waals surface area contributed by atoms with Gasteiger partial charge < -0.3 is 10.2 Å². The predicted octanol–water partition coefficient (Wildman–Crippen LogP) is 1.60. The molecule has 0 aliphatic carbocycles. The summed E-state index contributed by atoms with van der Waals surface area (Å²) in [6.45, 7) is 5.10. The van der Waals surface area contributed by atoms with Gasteiger partial charge in [0.25, 0.3) is 0 Å². The van der Waals surface area contributed by atoms with E-state index < -0.39 is 0 Å². The summed E-state index contributed by atoms with van der Waals surface area (Å²) in [6.07, 6.45) is 3.27. The van der Waals surface area contributed by atoms with Gasteiger partial charge in [-0.05, 0) is 29.5 Å². The number of nitrogens with zero attached hydrogens (tertiary/aromatic N) is 3. The zero-order valence-corrected chi connectivity index (χ0v) is 10.1. The fraction of sp³-hybridized carbons (Fsp3) is 0.556. The van der Waals surface area contributed by atoms with E-state index in [0.717, 1.165) is 29.9 Å². The van der Waals surface area contributed by atoms with Gasteiger partial charge in [-0.2, -0.15) is 0 Å². The van der Waals surface area contributed by atoms with Crippen LogP contribution >= 0.6 is 15.9 Å². The third-order valence-corrected chi connectivity index (χ3v) is 2.57. The topological polar surface area (TPSA) is 41.0 Å². The zero-order valence-electron chi connectivity index (χ0n) is 8.50. The molecule has 1 aromatic heterocycles. The highest BCUT2D eigenvalue weighted by Gasteiger charge is 1.99. The molecule has 0 unspecified atom stereocenters. The van der Waals surface area contributed by atoms with Crippen molar-refractivity contribution < 1.29 is 0 Å². The summed E-state index contributed by atoms with van der Waals surface area (Å²) in [5.74, 6) is 0.851. The van der Waals surface area contributed by atoms with E-state index in [2.05, 4.69) is 50.1 Å². The Labute approximate surface area is 92.9 Å². The smallest absolute Gasteiger partial charge is 0.143 e. The summed E-state index contributed by atoms with van der Waals surface area (Å²) in [7, 11) is 2.09. The molecule has 4 nitrogen and oxygen atoms in total. The van der Waals surface area contributed by atoms with Gasteiger partial charge in [-0.3, -0.25) is 0 Å². The second-order valence-corrected chi connectivity index (χ2v) is 3.90. The Morgan fingerprint density at radius 2 is 2.36 bits per heavy atom. The monoisotopic (exact) mass is 258 g/mol. The number of hydrogen-bond donors (Lipinski definition) is 1. The minimum atomic E-state index is 0.851. The number of nitrogens with one attached hydrogen (secondary N) is 1. The minimum absolute atomic E-state index is 0.851. The van der Waals surface area contributed by atoms with Crippen molar-refractivity contribution in [2.75, 3.05) is 32.0 Å². The normalized spacial score (nSPS) is 10.6. The Morgan fingerprint density at radius 1 is 1.57 bits per heavy atom. The summed E-state index contributed by atoms with van der Waals surface area (Å²) in [4.78, 5) is 10.2. The number of anilines is 1. The lowest BCUT2D eigenvalue weighted by Crippen LogP contribution is -2.25. The molecule has 0 aliphatic rings. The molecule has 1 N–H and O–H groups in total. The molecule has 0 bridgehead atoms. The van der Waals surface area contributed by atoms with Gasteiger partial charge in [0.1, 0.15) is 12.1 Å². The van der Waals surface area contributed by atoms with Crippen LogP contribution in [0.1, 0.15) is 6.92 Å². The first-order valence-corrected chi connectivity index (χ1v) is 5.41. The highest BCUT2D eigenvalue weighted by atomic mass is 79.9. The maximum Gasteiger partial charge on any atom is 0.143 e. The molecular weight excluding hydrogens is 244 g/mol. The van der Waals surface area contributed by atoms with Crippen molar-refractivity contribution in [1.29, 1.82) is 0 Å². The Bertz CT molecular complexity index is 279. The van der Waals surface area contributed by atoms with Crippen molar-refractivity contribution in [3.63, 3.8) is 0 Å². The first-order valence-electron chi connectivity index (χ1n) is 4.62. The molecule has 0 radical (unpaired) electrons. The van der Waals surface area contributed by atoms with E-state index in [4.69, 9.17) is 0 Å². The highest BCUT2D eigenvalue weighted by Crippen LogP contribution is 2.16. The van der Waals surface area contributed by atoms with Gasteiger partial charge in [0.2, 0.25) is 0 Å². The van der Waals surface area contributed by atoms with Crippen LogP contribution in [0, 0.1) is 0 Å². The number of rotatable bonds is 5. The molecule has 0 aromatic carbocycles. The van der Waals surface area contributed by atoms with Crippen LogP contribution in [0.2, 0.25) is 0 Å². The van der Waals surface area contributed by atoms with Crippen LogP contribution in [0.5, 0.6) is 0 Å². The van der Waals surface area contributed by atoms with E-state index in [1.807, 2.05) is 0 Å². The molecule has 0 atom stereocenters. The quantitative estimate of drug-likeness (QED) is 0.872. The van der Waals surface area contributed by atoms with E-state index in [-0.39, 0.29) is 0 Å². The van der Waals surface area contributed by atoms with E-state index in [1.165, 1.54) is 6.33 Å². The number of hydrogen-bond acceptors (Lipinski definition) is 4. The number of likely N-dealkylation sites (N-methyl/N-ethyl adjacent to an activating group) is 1. The molecule has 14 heavy (non-hydrogen) atoms. The van der Waals surface area contributed by atoms with Crippen LogP contribution in [-0.4, -0.2) is 41.5 Å². The molecule has 0 fully saturated rings. The van der Waals surface area contributed by atoms with Gasteiger partial charge in [0.15, 0.2) is 0 Å². The lowest BCUT2D eigenvalue weighted by Gasteiger charge is -2.14. The van der Waals surface area contributed by atoms with Crippen LogP contribution in [-0.2, 0) is 0 Å². The second-order valence-electron chi connectivity index (χ2n) is 3.04. The molecule has 1 heterocycles. The summed E-state index contributed by atoms with van der Waals surface area (Å²) in [5, 5.41) is 3.24. The Kier molecular flexibility index (Phi) is 4.82. The fourth-order valence-corrected chi connectivity index (χ4v) is 1.33. The molecule has 0 saturated carbocycles. The van der Waals surface area contributed by atoms with Crippen LogP contribution in [0.15, 0.2) is 17.0 Å². The number of aromatic nitrogens is 2.